The molecule has 0 spiro atoms. The van der Waals surface area contributed by atoms with Crippen LogP contribution in [0.25, 0.3) is 0 Å². The first-order chi connectivity index (χ1) is 7.81. The molecule has 6 nitrogen and oxygen atoms in total. The molecule has 0 saturated carbocycles. The lowest BCUT2D eigenvalue weighted by atomic mass is 10.1. The van der Waals surface area contributed by atoms with Gasteiger partial charge in [0, 0.05) is 20.2 Å². The van der Waals surface area contributed by atoms with E-state index >= 15 is 0 Å². The zero-order valence-electron chi connectivity index (χ0n) is 9.35. The Hall–Kier alpha value is -0.760. The summed E-state index contributed by atoms with van der Waals surface area (Å²) in [6.07, 6.45) is 2.61. The fourth-order valence-corrected chi connectivity index (χ4v) is 2.56. The van der Waals surface area contributed by atoms with Crippen LogP contribution in [0.2, 0.25) is 0 Å². The van der Waals surface area contributed by atoms with Gasteiger partial charge in [0.1, 0.15) is 5.01 Å². The standard InChI is InChI=1S/C9H17N5OS/c1-15-7-2-4-14(5-3-7)6-8-12-13-9(11-10)16-8/h7H,2-6,10H2,1H3,(H,11,13). The number of anilines is 1. The van der Waals surface area contributed by atoms with Crippen LogP contribution in [0.4, 0.5) is 5.13 Å². The van der Waals surface area contributed by atoms with Crippen molar-refractivity contribution in [1.82, 2.24) is 15.1 Å². The zero-order valence-corrected chi connectivity index (χ0v) is 10.2. The highest BCUT2D eigenvalue weighted by atomic mass is 32.1. The predicted molar refractivity (Wildman–Crippen MR) is 63.0 cm³/mol. The first kappa shape index (κ1) is 11.7. The number of aromatic nitrogens is 2. The van der Waals surface area contributed by atoms with Gasteiger partial charge in [-0.2, -0.15) is 0 Å². The van der Waals surface area contributed by atoms with Gasteiger partial charge in [-0.1, -0.05) is 11.3 Å². The van der Waals surface area contributed by atoms with Crippen LogP contribution in [-0.4, -0.2) is 41.4 Å². The molecule has 7 heteroatoms. The first-order valence-corrected chi connectivity index (χ1v) is 6.17. The maximum absolute atomic E-state index is 5.33. The Morgan fingerprint density at radius 2 is 2.25 bits per heavy atom. The smallest absolute Gasteiger partial charge is 0.219 e. The number of hydrogen-bond donors (Lipinski definition) is 2. The number of nitrogens with zero attached hydrogens (tertiary/aromatic N) is 3. The van der Waals surface area contributed by atoms with Gasteiger partial charge in [0.05, 0.1) is 12.6 Å². The number of methoxy groups -OCH3 is 1. The number of rotatable bonds is 4. The minimum absolute atomic E-state index is 0.423. The summed E-state index contributed by atoms with van der Waals surface area (Å²) in [5.41, 5.74) is 2.51. The van der Waals surface area contributed by atoms with Crippen LogP contribution in [0.3, 0.4) is 0 Å². The van der Waals surface area contributed by atoms with Crippen molar-refractivity contribution in [3.05, 3.63) is 5.01 Å². The molecule has 2 heterocycles. The summed E-state index contributed by atoms with van der Waals surface area (Å²) in [6, 6.07) is 0. The molecule has 3 N–H and O–H groups in total. The molecule has 16 heavy (non-hydrogen) atoms. The van der Waals surface area contributed by atoms with E-state index in [1.165, 1.54) is 11.3 Å². The molecule has 90 valence electrons. The van der Waals surface area contributed by atoms with E-state index in [0.29, 0.717) is 11.2 Å². The number of nitrogens with two attached hydrogens (primary N) is 1. The van der Waals surface area contributed by atoms with E-state index in [2.05, 4.69) is 20.5 Å². The number of piperidine rings is 1. The van der Waals surface area contributed by atoms with Crippen molar-refractivity contribution in [2.75, 3.05) is 25.6 Å². The third-order valence-electron chi connectivity index (χ3n) is 2.82. The minimum atomic E-state index is 0.423. The van der Waals surface area contributed by atoms with Crippen molar-refractivity contribution >= 4 is 16.5 Å². The second-order valence-electron chi connectivity index (χ2n) is 3.86. The van der Waals surface area contributed by atoms with Crippen molar-refractivity contribution in [3.8, 4) is 0 Å². The molecule has 0 radical (unpaired) electrons. The number of hydrogen-bond acceptors (Lipinski definition) is 7. The zero-order chi connectivity index (χ0) is 11.4. The summed E-state index contributed by atoms with van der Waals surface area (Å²) in [6.45, 7) is 2.97. The molecular formula is C9H17N5OS. The average molecular weight is 243 g/mol. The van der Waals surface area contributed by atoms with E-state index in [-0.39, 0.29) is 0 Å². The molecule has 0 unspecified atom stereocenters. The van der Waals surface area contributed by atoms with Gasteiger partial charge in [0.25, 0.3) is 0 Å². The third-order valence-corrected chi connectivity index (χ3v) is 3.66. The third kappa shape index (κ3) is 2.88. The summed E-state index contributed by atoms with van der Waals surface area (Å²) in [7, 11) is 1.78. The highest BCUT2D eigenvalue weighted by molar-refractivity contribution is 7.15. The Labute approximate surface area is 98.8 Å². The molecule has 2 rings (SSSR count). The van der Waals surface area contributed by atoms with Gasteiger partial charge in [0.2, 0.25) is 5.13 Å². The lowest BCUT2D eigenvalue weighted by Gasteiger charge is -2.30. The summed E-state index contributed by atoms with van der Waals surface area (Å²) in [5, 5.41) is 9.66. The van der Waals surface area contributed by atoms with Crippen LogP contribution in [0.1, 0.15) is 17.8 Å². The lowest BCUT2D eigenvalue weighted by Crippen LogP contribution is -2.36. The van der Waals surface area contributed by atoms with Gasteiger partial charge < -0.3 is 4.74 Å². The van der Waals surface area contributed by atoms with Gasteiger partial charge in [-0.05, 0) is 12.8 Å². The van der Waals surface area contributed by atoms with Crippen molar-refractivity contribution in [1.29, 1.82) is 0 Å². The largest absolute Gasteiger partial charge is 0.381 e. The molecule has 1 aromatic heterocycles. The van der Waals surface area contributed by atoms with Crippen LogP contribution >= 0.6 is 11.3 Å². The van der Waals surface area contributed by atoms with Crippen LogP contribution in [0.15, 0.2) is 0 Å². The van der Waals surface area contributed by atoms with Crippen LogP contribution in [0.5, 0.6) is 0 Å². The van der Waals surface area contributed by atoms with Crippen LogP contribution in [-0.2, 0) is 11.3 Å². The summed E-state index contributed by atoms with van der Waals surface area (Å²) < 4.78 is 5.33. The first-order valence-electron chi connectivity index (χ1n) is 5.36. The number of hydrazine groups is 1. The van der Waals surface area contributed by atoms with Gasteiger partial charge in [-0.25, -0.2) is 5.84 Å². The lowest BCUT2D eigenvalue weighted by molar-refractivity contribution is 0.0388. The van der Waals surface area contributed by atoms with Gasteiger partial charge in [0.15, 0.2) is 0 Å². The van der Waals surface area contributed by atoms with Crippen molar-refractivity contribution in [3.63, 3.8) is 0 Å². The molecule has 0 aromatic carbocycles. The molecule has 1 aromatic rings. The molecule has 0 amide bonds. The number of nitrogen functional groups attached to an aromatic ring is 1. The Balaban J connectivity index is 1.82. The second-order valence-corrected chi connectivity index (χ2v) is 4.92. The topological polar surface area (TPSA) is 76.3 Å². The Kier molecular flexibility index (Phi) is 4.05. The highest BCUT2D eigenvalue weighted by Gasteiger charge is 2.19. The van der Waals surface area contributed by atoms with Crippen molar-refractivity contribution < 1.29 is 4.74 Å². The molecular weight excluding hydrogens is 226 g/mol. The van der Waals surface area contributed by atoms with E-state index in [0.717, 1.165) is 37.5 Å². The maximum Gasteiger partial charge on any atom is 0.219 e. The number of nitrogens with one attached hydrogen (secondary N) is 1. The minimum Gasteiger partial charge on any atom is -0.381 e. The van der Waals surface area contributed by atoms with E-state index in [9.17, 15) is 0 Å². The van der Waals surface area contributed by atoms with E-state index in [1.807, 2.05) is 0 Å². The quantitative estimate of drug-likeness (QED) is 0.590. The SMILES string of the molecule is COC1CCN(Cc2nnc(NN)s2)CC1. The van der Waals surface area contributed by atoms with Crippen molar-refractivity contribution in [2.45, 2.75) is 25.5 Å². The van der Waals surface area contributed by atoms with E-state index in [4.69, 9.17) is 10.6 Å². The van der Waals surface area contributed by atoms with E-state index in [1.54, 1.807) is 7.11 Å². The highest BCUT2D eigenvalue weighted by Crippen LogP contribution is 2.19. The molecule has 1 aliphatic heterocycles. The summed E-state index contributed by atoms with van der Waals surface area (Å²) in [4.78, 5) is 2.37. The fraction of sp³-hybridized carbons (Fsp3) is 0.778. The van der Waals surface area contributed by atoms with E-state index < -0.39 is 0 Å². The maximum atomic E-state index is 5.33. The van der Waals surface area contributed by atoms with Crippen LogP contribution < -0.4 is 11.3 Å². The van der Waals surface area contributed by atoms with Gasteiger partial charge in [-0.15, -0.1) is 10.2 Å². The molecule has 0 bridgehead atoms. The van der Waals surface area contributed by atoms with Gasteiger partial charge in [-0.3, -0.25) is 10.3 Å². The fourth-order valence-electron chi connectivity index (χ4n) is 1.87. The van der Waals surface area contributed by atoms with Crippen LogP contribution in [0, 0.1) is 0 Å². The molecule has 0 aliphatic carbocycles. The second kappa shape index (κ2) is 5.53. The Morgan fingerprint density at radius 3 is 2.81 bits per heavy atom. The van der Waals surface area contributed by atoms with Gasteiger partial charge >= 0.3 is 0 Å². The average Bonchev–Trinajstić information content (AvgIpc) is 2.78. The summed E-state index contributed by atoms with van der Waals surface area (Å²) >= 11 is 1.50. The molecule has 1 saturated heterocycles. The Bertz CT molecular complexity index is 323. The predicted octanol–water partition coefficient (Wildman–Crippen LogP) is 0.435. The molecule has 0 atom stereocenters. The normalized spacial score (nSPS) is 18.9. The summed E-state index contributed by atoms with van der Waals surface area (Å²) in [5.74, 6) is 5.26. The van der Waals surface area contributed by atoms with Crippen molar-refractivity contribution in [2.24, 2.45) is 5.84 Å². The Morgan fingerprint density at radius 1 is 1.50 bits per heavy atom. The monoisotopic (exact) mass is 243 g/mol. The number of likely N-dealkylation sites (tertiary alicyclic amines) is 1. The molecule has 1 fully saturated rings. The number of ether oxygens (including phenoxy) is 1. The molecule has 1 aliphatic rings.